The Kier molecular flexibility index (Phi) is 5.46. The van der Waals surface area contributed by atoms with Gasteiger partial charge < -0.3 is 9.88 Å². The molecule has 1 aromatic rings. The zero-order chi connectivity index (χ0) is 15.5. The highest BCUT2D eigenvalue weighted by molar-refractivity contribution is 7.89. The largest absolute Gasteiger partial charge is 0.349 e. The number of aryl methyl sites for hydroxylation is 1. The van der Waals surface area contributed by atoms with Gasteiger partial charge in [-0.3, -0.25) is 0 Å². The highest BCUT2D eigenvalue weighted by atomic mass is 32.2. The van der Waals surface area contributed by atoms with Crippen molar-refractivity contribution in [2.45, 2.75) is 64.1 Å². The quantitative estimate of drug-likeness (QED) is 0.876. The van der Waals surface area contributed by atoms with Crippen LogP contribution in [-0.2, 0) is 23.1 Å². The Labute approximate surface area is 128 Å². The van der Waals surface area contributed by atoms with Crippen LogP contribution in [0.2, 0.25) is 0 Å². The molecule has 0 amide bonds. The van der Waals surface area contributed by atoms with Crippen LogP contribution in [0.1, 0.15) is 45.7 Å². The number of hydrogen-bond donors (Lipinski definition) is 1. The number of rotatable bonds is 6. The normalized spacial score (nSPS) is 17.5. The maximum Gasteiger partial charge on any atom is 0.244 e. The number of hydrogen-bond acceptors (Lipinski definition) is 3. The van der Waals surface area contributed by atoms with Gasteiger partial charge in [-0.2, -0.15) is 4.31 Å². The molecular weight excluding hydrogens is 286 g/mol. The molecule has 21 heavy (non-hydrogen) atoms. The van der Waals surface area contributed by atoms with Crippen LogP contribution >= 0.6 is 0 Å². The van der Waals surface area contributed by atoms with Crippen molar-refractivity contribution in [3.05, 3.63) is 18.0 Å². The summed E-state index contributed by atoms with van der Waals surface area (Å²) in [5.41, 5.74) is 1.03. The molecule has 0 aromatic carbocycles. The summed E-state index contributed by atoms with van der Waals surface area (Å²) in [7, 11) is -3.33. The van der Waals surface area contributed by atoms with Crippen LogP contribution in [0.25, 0.3) is 0 Å². The molecule has 1 aromatic heterocycles. The van der Waals surface area contributed by atoms with Crippen molar-refractivity contribution < 1.29 is 8.42 Å². The van der Waals surface area contributed by atoms with Gasteiger partial charge in [-0.05, 0) is 25.8 Å². The van der Waals surface area contributed by atoms with Crippen molar-refractivity contribution in [3.63, 3.8) is 0 Å². The lowest BCUT2D eigenvalue weighted by atomic mass is 10.2. The monoisotopic (exact) mass is 313 g/mol. The van der Waals surface area contributed by atoms with Gasteiger partial charge >= 0.3 is 0 Å². The Morgan fingerprint density at radius 3 is 2.48 bits per heavy atom. The highest BCUT2D eigenvalue weighted by Crippen LogP contribution is 2.22. The average Bonchev–Trinajstić information content (AvgIpc) is 2.90. The molecule has 2 rings (SSSR count). The van der Waals surface area contributed by atoms with Crippen molar-refractivity contribution in [3.8, 4) is 0 Å². The molecule has 1 aliphatic heterocycles. The molecule has 5 nitrogen and oxygen atoms in total. The average molecular weight is 313 g/mol. The topological polar surface area (TPSA) is 54.3 Å². The smallest absolute Gasteiger partial charge is 0.244 e. The van der Waals surface area contributed by atoms with E-state index in [2.05, 4.69) is 19.2 Å². The second-order valence-corrected chi connectivity index (χ2v) is 7.89. The first-order chi connectivity index (χ1) is 9.95. The van der Waals surface area contributed by atoms with Crippen LogP contribution in [0, 0.1) is 0 Å². The van der Waals surface area contributed by atoms with Crippen LogP contribution in [0.3, 0.4) is 0 Å². The molecular formula is C15H27N3O2S. The fraction of sp³-hybridized carbons (Fsp3) is 0.733. The lowest BCUT2D eigenvalue weighted by molar-refractivity contribution is 0.346. The first-order valence-electron chi connectivity index (χ1n) is 7.87. The van der Waals surface area contributed by atoms with E-state index in [1.54, 1.807) is 10.5 Å². The van der Waals surface area contributed by atoms with Gasteiger partial charge in [0, 0.05) is 44.1 Å². The van der Waals surface area contributed by atoms with Crippen LogP contribution < -0.4 is 5.32 Å². The molecule has 2 heterocycles. The zero-order valence-corrected chi connectivity index (χ0v) is 14.1. The van der Waals surface area contributed by atoms with E-state index in [0.29, 0.717) is 30.6 Å². The number of piperidine rings is 1. The molecule has 0 radical (unpaired) electrons. The third-order valence-electron chi connectivity index (χ3n) is 3.95. The highest BCUT2D eigenvalue weighted by Gasteiger charge is 2.27. The number of aromatic nitrogens is 1. The minimum absolute atomic E-state index is 0.382. The fourth-order valence-corrected chi connectivity index (χ4v) is 4.25. The standard InChI is InChI=1S/C15H27N3O2S/c1-4-17-12-15(10-14(17)11-16-13(2)3)21(19,20)18-8-6-5-7-9-18/h10,12-13,16H,4-9,11H2,1-3H3. The Morgan fingerprint density at radius 2 is 1.90 bits per heavy atom. The molecule has 6 heteroatoms. The van der Waals surface area contributed by atoms with Crippen molar-refractivity contribution in [2.24, 2.45) is 0 Å². The maximum atomic E-state index is 12.7. The first kappa shape index (κ1) is 16.5. The third-order valence-corrected chi connectivity index (χ3v) is 5.81. The van der Waals surface area contributed by atoms with Gasteiger partial charge in [-0.1, -0.05) is 20.3 Å². The van der Waals surface area contributed by atoms with Gasteiger partial charge in [0.1, 0.15) is 4.90 Å². The zero-order valence-electron chi connectivity index (χ0n) is 13.3. The molecule has 0 spiro atoms. The lowest BCUT2D eigenvalue weighted by Crippen LogP contribution is -2.35. The Bertz CT molecular complexity index is 557. The minimum atomic E-state index is -3.33. The van der Waals surface area contributed by atoms with Gasteiger partial charge in [-0.15, -0.1) is 0 Å². The summed E-state index contributed by atoms with van der Waals surface area (Å²) in [6.07, 6.45) is 4.85. The second-order valence-electron chi connectivity index (χ2n) is 5.95. The van der Waals surface area contributed by atoms with Gasteiger partial charge in [0.05, 0.1) is 0 Å². The summed E-state index contributed by atoms with van der Waals surface area (Å²) < 4.78 is 29.0. The molecule has 1 saturated heterocycles. The van der Waals surface area contributed by atoms with E-state index in [4.69, 9.17) is 0 Å². The summed E-state index contributed by atoms with van der Waals surface area (Å²) in [6, 6.07) is 2.20. The van der Waals surface area contributed by atoms with E-state index in [1.165, 1.54) is 0 Å². The number of nitrogens with zero attached hydrogens (tertiary/aromatic N) is 2. The van der Waals surface area contributed by atoms with E-state index in [1.807, 2.05) is 17.6 Å². The van der Waals surface area contributed by atoms with Crippen LogP contribution in [-0.4, -0.2) is 36.4 Å². The molecule has 120 valence electrons. The van der Waals surface area contributed by atoms with E-state index in [9.17, 15) is 8.42 Å². The summed E-state index contributed by atoms with van der Waals surface area (Å²) in [4.78, 5) is 0.437. The Balaban J connectivity index is 2.22. The van der Waals surface area contributed by atoms with Crippen molar-refractivity contribution in [2.75, 3.05) is 13.1 Å². The lowest BCUT2D eigenvalue weighted by Gasteiger charge is -2.25. The SMILES string of the molecule is CCn1cc(S(=O)(=O)N2CCCCC2)cc1CNC(C)C. The number of nitrogens with one attached hydrogen (secondary N) is 1. The van der Waals surface area contributed by atoms with Crippen LogP contribution in [0.5, 0.6) is 0 Å². The molecule has 0 aliphatic carbocycles. The second kappa shape index (κ2) is 6.94. The summed E-state index contributed by atoms with van der Waals surface area (Å²) in [6.45, 7) is 9.00. The van der Waals surface area contributed by atoms with Crippen LogP contribution in [0.4, 0.5) is 0 Å². The maximum absolute atomic E-state index is 12.7. The van der Waals surface area contributed by atoms with Crippen molar-refractivity contribution >= 4 is 10.0 Å². The first-order valence-corrected chi connectivity index (χ1v) is 9.31. The van der Waals surface area contributed by atoms with E-state index >= 15 is 0 Å². The molecule has 1 aliphatic rings. The van der Waals surface area contributed by atoms with Gasteiger partial charge in [-0.25, -0.2) is 8.42 Å². The molecule has 0 unspecified atom stereocenters. The van der Waals surface area contributed by atoms with E-state index in [-0.39, 0.29) is 0 Å². The van der Waals surface area contributed by atoms with Crippen molar-refractivity contribution in [1.82, 2.24) is 14.2 Å². The van der Waals surface area contributed by atoms with Gasteiger partial charge in [0.25, 0.3) is 0 Å². The predicted octanol–water partition coefficient (Wildman–Crippen LogP) is 2.18. The molecule has 1 N–H and O–H groups in total. The molecule has 1 fully saturated rings. The number of sulfonamides is 1. The summed E-state index contributed by atoms with van der Waals surface area (Å²) >= 11 is 0. The molecule has 0 atom stereocenters. The van der Waals surface area contributed by atoms with E-state index in [0.717, 1.165) is 31.5 Å². The summed E-state index contributed by atoms with van der Waals surface area (Å²) in [5.74, 6) is 0. The summed E-state index contributed by atoms with van der Waals surface area (Å²) in [5, 5.41) is 3.35. The Hall–Kier alpha value is -0.850. The van der Waals surface area contributed by atoms with Crippen molar-refractivity contribution in [1.29, 1.82) is 0 Å². The van der Waals surface area contributed by atoms with Gasteiger partial charge in [0.15, 0.2) is 0 Å². The van der Waals surface area contributed by atoms with E-state index < -0.39 is 10.0 Å². The molecule has 0 bridgehead atoms. The fourth-order valence-electron chi connectivity index (χ4n) is 2.67. The minimum Gasteiger partial charge on any atom is -0.349 e. The predicted molar refractivity (Wildman–Crippen MR) is 84.7 cm³/mol. The van der Waals surface area contributed by atoms with Gasteiger partial charge in [0.2, 0.25) is 10.0 Å². The third kappa shape index (κ3) is 3.87. The Morgan fingerprint density at radius 1 is 1.24 bits per heavy atom. The van der Waals surface area contributed by atoms with Crippen LogP contribution in [0.15, 0.2) is 17.2 Å². The molecule has 0 saturated carbocycles.